The second-order valence-electron chi connectivity index (χ2n) is 4.14. The molecule has 0 unspecified atom stereocenters. The number of hydrogen-bond acceptors (Lipinski definition) is 3. The number of fused-ring (bicyclic) bond motifs is 1. The van der Waals surface area contributed by atoms with E-state index in [1.807, 2.05) is 18.2 Å². The van der Waals surface area contributed by atoms with Crippen LogP contribution in [-0.2, 0) is 0 Å². The Kier molecular flexibility index (Phi) is 2.97. The van der Waals surface area contributed by atoms with Crippen molar-refractivity contribution < 1.29 is 4.74 Å². The molecule has 1 aromatic carbocycles. The molecule has 17 heavy (non-hydrogen) atoms. The predicted molar refractivity (Wildman–Crippen MR) is 68.1 cm³/mol. The molecule has 0 aliphatic carbocycles. The van der Waals surface area contributed by atoms with Crippen molar-refractivity contribution in [3.63, 3.8) is 0 Å². The van der Waals surface area contributed by atoms with E-state index < -0.39 is 0 Å². The van der Waals surface area contributed by atoms with Crippen molar-refractivity contribution in [1.82, 2.24) is 10.2 Å². The summed E-state index contributed by atoms with van der Waals surface area (Å²) in [6.45, 7) is 4.20. The minimum absolute atomic E-state index is 0.312. The third kappa shape index (κ3) is 1.94. The standard InChI is InChI=1S/C14H14N2O/c1-5-12-14(9(2)3)11-7-6-10(17-4)8-13(11)16-15-12/h1,6-9H,2-4H3. The average Bonchev–Trinajstić information content (AvgIpc) is 2.36. The number of nitrogens with zero attached hydrogens (tertiary/aromatic N) is 2. The monoisotopic (exact) mass is 226 g/mol. The van der Waals surface area contributed by atoms with Gasteiger partial charge in [-0.1, -0.05) is 13.8 Å². The van der Waals surface area contributed by atoms with Gasteiger partial charge in [0, 0.05) is 17.0 Å². The van der Waals surface area contributed by atoms with Crippen LogP contribution < -0.4 is 4.74 Å². The molecule has 1 aromatic heterocycles. The first kappa shape index (κ1) is 11.4. The Labute approximate surface area is 101 Å². The zero-order valence-corrected chi connectivity index (χ0v) is 10.2. The van der Waals surface area contributed by atoms with E-state index in [0.29, 0.717) is 11.6 Å². The molecule has 86 valence electrons. The summed E-state index contributed by atoms with van der Waals surface area (Å²) in [7, 11) is 1.63. The highest BCUT2D eigenvalue weighted by atomic mass is 16.5. The molecule has 2 aromatic rings. The molecule has 0 amide bonds. The van der Waals surface area contributed by atoms with Crippen LogP contribution in [0.1, 0.15) is 31.0 Å². The smallest absolute Gasteiger partial charge is 0.139 e. The number of hydrogen-bond donors (Lipinski definition) is 0. The van der Waals surface area contributed by atoms with Crippen LogP contribution in [0.2, 0.25) is 0 Å². The minimum atomic E-state index is 0.312. The summed E-state index contributed by atoms with van der Waals surface area (Å²) in [4.78, 5) is 0. The molecule has 1 heterocycles. The van der Waals surface area contributed by atoms with E-state index in [2.05, 4.69) is 30.0 Å². The van der Waals surface area contributed by atoms with Crippen LogP contribution in [0.25, 0.3) is 10.9 Å². The third-order valence-corrected chi connectivity index (χ3v) is 2.72. The highest BCUT2D eigenvalue weighted by Crippen LogP contribution is 2.28. The molecule has 0 spiro atoms. The van der Waals surface area contributed by atoms with Gasteiger partial charge in [0.05, 0.1) is 12.6 Å². The summed E-state index contributed by atoms with van der Waals surface area (Å²) in [5.74, 6) is 3.68. The first-order chi connectivity index (χ1) is 8.17. The fourth-order valence-electron chi connectivity index (χ4n) is 1.93. The minimum Gasteiger partial charge on any atom is -0.497 e. The molecule has 3 nitrogen and oxygen atoms in total. The molecule has 0 fully saturated rings. The number of methoxy groups -OCH3 is 1. The zero-order chi connectivity index (χ0) is 12.4. The van der Waals surface area contributed by atoms with Crippen molar-refractivity contribution in [3.8, 4) is 18.1 Å². The maximum atomic E-state index is 5.46. The number of benzene rings is 1. The Hall–Kier alpha value is -2.08. The van der Waals surface area contributed by atoms with E-state index in [1.165, 1.54) is 0 Å². The van der Waals surface area contributed by atoms with Gasteiger partial charge in [0.2, 0.25) is 0 Å². The first-order valence-corrected chi connectivity index (χ1v) is 5.48. The topological polar surface area (TPSA) is 35.0 Å². The Morgan fingerprint density at radius 2 is 2.06 bits per heavy atom. The van der Waals surface area contributed by atoms with Gasteiger partial charge in [-0.15, -0.1) is 16.6 Å². The Morgan fingerprint density at radius 1 is 1.29 bits per heavy atom. The normalized spacial score (nSPS) is 10.5. The van der Waals surface area contributed by atoms with Crippen LogP contribution in [0.15, 0.2) is 18.2 Å². The molecule has 3 heteroatoms. The third-order valence-electron chi connectivity index (χ3n) is 2.72. The van der Waals surface area contributed by atoms with Gasteiger partial charge in [-0.2, -0.15) is 0 Å². The van der Waals surface area contributed by atoms with Crippen LogP contribution in [0.4, 0.5) is 0 Å². The van der Waals surface area contributed by atoms with Crippen molar-refractivity contribution in [3.05, 3.63) is 29.5 Å². The van der Waals surface area contributed by atoms with Crippen molar-refractivity contribution in [1.29, 1.82) is 0 Å². The molecule has 0 saturated heterocycles. The average molecular weight is 226 g/mol. The summed E-state index contributed by atoms with van der Waals surface area (Å²) >= 11 is 0. The molecule has 0 bridgehead atoms. The van der Waals surface area contributed by atoms with Crippen LogP contribution >= 0.6 is 0 Å². The quantitative estimate of drug-likeness (QED) is 0.738. The molecule has 0 atom stereocenters. The summed E-state index contributed by atoms with van der Waals surface area (Å²) in [6, 6.07) is 5.77. The molecular formula is C14H14N2O. The van der Waals surface area contributed by atoms with E-state index in [1.54, 1.807) is 7.11 Å². The molecular weight excluding hydrogens is 212 g/mol. The van der Waals surface area contributed by atoms with Gasteiger partial charge in [-0.25, -0.2) is 0 Å². The van der Waals surface area contributed by atoms with Crippen LogP contribution in [0, 0.1) is 12.3 Å². The van der Waals surface area contributed by atoms with Crippen molar-refractivity contribution in [2.24, 2.45) is 0 Å². The summed E-state index contributed by atoms with van der Waals surface area (Å²) in [5, 5.41) is 9.26. The van der Waals surface area contributed by atoms with E-state index in [0.717, 1.165) is 22.2 Å². The molecule has 0 saturated carbocycles. The first-order valence-electron chi connectivity index (χ1n) is 5.48. The predicted octanol–water partition coefficient (Wildman–Crippen LogP) is 2.74. The van der Waals surface area contributed by atoms with Gasteiger partial charge >= 0.3 is 0 Å². The SMILES string of the molecule is C#Cc1nnc2cc(OC)ccc2c1C(C)C. The van der Waals surface area contributed by atoms with Gasteiger partial charge < -0.3 is 4.74 Å². The maximum Gasteiger partial charge on any atom is 0.139 e. The van der Waals surface area contributed by atoms with Crippen molar-refractivity contribution in [2.75, 3.05) is 7.11 Å². The Balaban J connectivity index is 2.78. The number of rotatable bonds is 2. The number of ether oxygens (including phenoxy) is 1. The maximum absolute atomic E-state index is 5.46. The lowest BCUT2D eigenvalue weighted by molar-refractivity contribution is 0.415. The van der Waals surface area contributed by atoms with Gasteiger partial charge in [0.1, 0.15) is 11.4 Å². The van der Waals surface area contributed by atoms with Crippen molar-refractivity contribution >= 4 is 10.9 Å². The molecule has 0 N–H and O–H groups in total. The number of aromatic nitrogens is 2. The second-order valence-corrected chi connectivity index (χ2v) is 4.14. The second kappa shape index (κ2) is 4.42. The summed E-state index contributed by atoms with van der Waals surface area (Å²) in [5.41, 5.74) is 2.50. The lowest BCUT2D eigenvalue weighted by atomic mass is 9.97. The number of terminal acetylenes is 1. The van der Waals surface area contributed by atoms with E-state index in [9.17, 15) is 0 Å². The fourth-order valence-corrected chi connectivity index (χ4v) is 1.93. The van der Waals surface area contributed by atoms with Crippen LogP contribution in [-0.4, -0.2) is 17.3 Å². The highest BCUT2D eigenvalue weighted by Gasteiger charge is 2.12. The van der Waals surface area contributed by atoms with E-state index >= 15 is 0 Å². The highest BCUT2D eigenvalue weighted by molar-refractivity contribution is 5.84. The van der Waals surface area contributed by atoms with Gasteiger partial charge in [0.15, 0.2) is 0 Å². The molecule has 0 aliphatic heterocycles. The summed E-state index contributed by atoms with van der Waals surface area (Å²) in [6.07, 6.45) is 5.46. The van der Waals surface area contributed by atoms with Crippen LogP contribution in [0.5, 0.6) is 5.75 Å². The summed E-state index contributed by atoms with van der Waals surface area (Å²) < 4.78 is 5.17. The lowest BCUT2D eigenvalue weighted by Crippen LogP contribution is -2.00. The Morgan fingerprint density at radius 3 is 2.65 bits per heavy atom. The Bertz CT molecular complexity index is 597. The fraction of sp³-hybridized carbons (Fsp3) is 0.286. The largest absolute Gasteiger partial charge is 0.497 e. The van der Waals surface area contributed by atoms with Gasteiger partial charge in [-0.05, 0) is 24.0 Å². The van der Waals surface area contributed by atoms with E-state index in [4.69, 9.17) is 11.2 Å². The van der Waals surface area contributed by atoms with Gasteiger partial charge in [0.25, 0.3) is 0 Å². The van der Waals surface area contributed by atoms with Crippen molar-refractivity contribution in [2.45, 2.75) is 19.8 Å². The van der Waals surface area contributed by atoms with Crippen LogP contribution in [0.3, 0.4) is 0 Å². The molecule has 0 radical (unpaired) electrons. The van der Waals surface area contributed by atoms with Gasteiger partial charge in [-0.3, -0.25) is 0 Å². The van der Waals surface area contributed by atoms with E-state index in [-0.39, 0.29) is 0 Å². The molecule has 2 rings (SSSR count). The zero-order valence-electron chi connectivity index (χ0n) is 10.2. The molecule has 0 aliphatic rings. The lowest BCUT2D eigenvalue weighted by Gasteiger charge is -2.11.